The number of hydrogen-bond donors (Lipinski definition) is 0. The highest BCUT2D eigenvalue weighted by Gasteiger charge is 2.26. The van der Waals surface area contributed by atoms with Gasteiger partial charge in [0.2, 0.25) is 0 Å². The maximum atomic E-state index is 5.70. The van der Waals surface area contributed by atoms with Gasteiger partial charge in [-0.25, -0.2) is 0 Å². The second-order valence-corrected chi connectivity index (χ2v) is 15.7. The molecule has 10 nitrogen and oxygen atoms in total. The standard InChI is InChI=1S/2C12H16O2.3C9H10O2/c2*1-9(2)11-5-3-4-6-12(11)14-8-10-7-13-10;3*1-2-4-8(5-3-1)10-6-9-7-11-9/h2*3-6,9-10H,7-8H2,1-2H3;3*1-5,9H,6-7H2. The lowest BCUT2D eigenvalue weighted by atomic mass is 10.0. The van der Waals surface area contributed by atoms with Crippen molar-refractivity contribution in [2.75, 3.05) is 66.1 Å². The van der Waals surface area contributed by atoms with Crippen molar-refractivity contribution in [3.8, 4) is 28.7 Å². The third kappa shape index (κ3) is 19.4. The number of benzene rings is 5. The Morgan fingerprint density at radius 1 is 0.344 bits per heavy atom. The zero-order valence-electron chi connectivity index (χ0n) is 36.0. The van der Waals surface area contributed by atoms with Crippen LogP contribution in [0.2, 0.25) is 0 Å². The van der Waals surface area contributed by atoms with E-state index < -0.39 is 0 Å². The van der Waals surface area contributed by atoms with Crippen molar-refractivity contribution in [2.45, 2.75) is 70.1 Å². The van der Waals surface area contributed by atoms with E-state index in [-0.39, 0.29) is 0 Å². The SMILES string of the molecule is CC(C)c1ccccc1OCC1CO1.CC(C)c1ccccc1OCC1CO1.c1ccc(OCC2CO2)cc1.c1ccc(OCC2CO2)cc1.c1ccc(OCC2CO2)cc1. The van der Waals surface area contributed by atoms with Crippen LogP contribution in [0, 0.1) is 0 Å². The Labute approximate surface area is 361 Å². The van der Waals surface area contributed by atoms with Gasteiger partial charge < -0.3 is 47.4 Å². The molecule has 326 valence electrons. The number of ether oxygens (including phenoxy) is 10. The number of hydrogen-bond acceptors (Lipinski definition) is 10. The second-order valence-electron chi connectivity index (χ2n) is 15.7. The Hall–Kier alpha value is -5.10. The van der Waals surface area contributed by atoms with Crippen LogP contribution in [0.4, 0.5) is 0 Å². The fourth-order valence-electron chi connectivity index (χ4n) is 5.48. The molecule has 10 rings (SSSR count). The molecule has 5 aliphatic heterocycles. The minimum absolute atomic E-state index is 0.329. The molecule has 5 aliphatic rings. The van der Waals surface area contributed by atoms with Gasteiger partial charge >= 0.3 is 0 Å². The van der Waals surface area contributed by atoms with Crippen LogP contribution in [0.5, 0.6) is 28.7 Å². The Morgan fingerprint density at radius 2 is 0.574 bits per heavy atom. The average molecular weight is 835 g/mol. The molecule has 5 aromatic carbocycles. The lowest BCUT2D eigenvalue weighted by molar-refractivity contribution is 0.260. The third-order valence-corrected chi connectivity index (χ3v) is 9.48. The van der Waals surface area contributed by atoms with Gasteiger partial charge in [0, 0.05) is 0 Å². The van der Waals surface area contributed by atoms with Gasteiger partial charge in [-0.15, -0.1) is 0 Å². The molecule has 0 saturated carbocycles. The van der Waals surface area contributed by atoms with E-state index in [4.69, 9.17) is 47.4 Å². The Bertz CT molecular complexity index is 1720. The topological polar surface area (TPSA) is 109 Å². The van der Waals surface area contributed by atoms with Crippen molar-refractivity contribution in [1.82, 2.24) is 0 Å². The van der Waals surface area contributed by atoms with E-state index in [0.717, 1.165) is 61.8 Å². The Kier molecular flexibility index (Phi) is 18.6. The summed E-state index contributed by atoms with van der Waals surface area (Å²) in [6, 6.07) is 45.8. The molecule has 5 fully saturated rings. The summed E-state index contributed by atoms with van der Waals surface area (Å²) in [5.41, 5.74) is 2.54. The molecular weight excluding hydrogens is 773 g/mol. The van der Waals surface area contributed by atoms with E-state index in [9.17, 15) is 0 Å². The van der Waals surface area contributed by atoms with Gasteiger partial charge in [0.1, 0.15) is 92.3 Å². The monoisotopic (exact) mass is 834 g/mol. The summed E-state index contributed by atoms with van der Waals surface area (Å²) in [4.78, 5) is 0. The fraction of sp³-hybridized carbons (Fsp3) is 0.412. The predicted octanol–water partition coefficient (Wildman–Crippen LogP) is 9.57. The van der Waals surface area contributed by atoms with Gasteiger partial charge in [-0.05, 0) is 71.5 Å². The highest BCUT2D eigenvalue weighted by atomic mass is 16.6. The van der Waals surface area contributed by atoms with Crippen LogP contribution in [0.25, 0.3) is 0 Å². The van der Waals surface area contributed by atoms with Crippen LogP contribution < -0.4 is 23.7 Å². The number of epoxide rings is 5. The molecule has 0 amide bonds. The van der Waals surface area contributed by atoms with E-state index in [0.29, 0.717) is 75.4 Å². The molecule has 61 heavy (non-hydrogen) atoms. The lowest BCUT2D eigenvalue weighted by Crippen LogP contribution is -2.06. The first-order valence-electron chi connectivity index (χ1n) is 21.4. The molecule has 5 atom stereocenters. The summed E-state index contributed by atoms with van der Waals surface area (Å²) in [5, 5.41) is 0. The fourth-order valence-corrected chi connectivity index (χ4v) is 5.48. The summed E-state index contributed by atoms with van der Waals surface area (Å²) in [6.07, 6.45) is 1.69. The predicted molar refractivity (Wildman–Crippen MR) is 237 cm³/mol. The van der Waals surface area contributed by atoms with Crippen molar-refractivity contribution in [2.24, 2.45) is 0 Å². The first kappa shape index (κ1) is 45.4. The minimum atomic E-state index is 0.329. The molecular formula is C51H62O10. The van der Waals surface area contributed by atoms with Gasteiger partial charge in [-0.3, -0.25) is 0 Å². The summed E-state index contributed by atoms with van der Waals surface area (Å²) in [5.74, 6) is 5.77. The quantitative estimate of drug-likeness (QED) is 0.0841. The maximum Gasteiger partial charge on any atom is 0.122 e. The zero-order valence-corrected chi connectivity index (χ0v) is 36.0. The summed E-state index contributed by atoms with van der Waals surface area (Å²) >= 11 is 0. The van der Waals surface area contributed by atoms with Crippen LogP contribution in [0.3, 0.4) is 0 Å². The van der Waals surface area contributed by atoms with Gasteiger partial charge in [-0.2, -0.15) is 0 Å². The average Bonchev–Trinajstić information content (AvgIpc) is 4.08. The summed E-state index contributed by atoms with van der Waals surface area (Å²) in [6.45, 7) is 16.4. The van der Waals surface area contributed by atoms with Crippen molar-refractivity contribution in [3.63, 3.8) is 0 Å². The van der Waals surface area contributed by atoms with E-state index in [1.807, 2.05) is 115 Å². The first-order valence-corrected chi connectivity index (χ1v) is 21.4. The molecule has 0 aliphatic carbocycles. The normalized spacial score (nSPS) is 20.6. The van der Waals surface area contributed by atoms with Crippen LogP contribution in [0.1, 0.15) is 50.7 Å². The van der Waals surface area contributed by atoms with Crippen molar-refractivity contribution in [3.05, 3.63) is 151 Å². The molecule has 5 aromatic rings. The van der Waals surface area contributed by atoms with Crippen molar-refractivity contribution in [1.29, 1.82) is 0 Å². The summed E-state index contributed by atoms with van der Waals surface area (Å²) in [7, 11) is 0. The highest BCUT2D eigenvalue weighted by Crippen LogP contribution is 2.28. The van der Waals surface area contributed by atoms with Crippen LogP contribution in [-0.2, 0) is 23.7 Å². The van der Waals surface area contributed by atoms with Crippen LogP contribution >= 0.6 is 0 Å². The maximum absolute atomic E-state index is 5.70. The Balaban J connectivity index is 0.000000128. The molecule has 5 saturated heterocycles. The van der Waals surface area contributed by atoms with Gasteiger partial charge in [-0.1, -0.05) is 119 Å². The third-order valence-electron chi connectivity index (χ3n) is 9.48. The Morgan fingerprint density at radius 3 is 0.820 bits per heavy atom. The first-order chi connectivity index (χ1) is 29.9. The second kappa shape index (κ2) is 25.0. The summed E-state index contributed by atoms with van der Waals surface area (Å²) < 4.78 is 52.8. The van der Waals surface area contributed by atoms with E-state index >= 15 is 0 Å². The van der Waals surface area contributed by atoms with Crippen LogP contribution in [-0.4, -0.2) is 96.6 Å². The van der Waals surface area contributed by atoms with E-state index in [1.165, 1.54) is 11.1 Å². The highest BCUT2D eigenvalue weighted by molar-refractivity contribution is 5.36. The zero-order chi connectivity index (χ0) is 42.5. The van der Waals surface area contributed by atoms with Crippen molar-refractivity contribution < 1.29 is 47.4 Å². The van der Waals surface area contributed by atoms with Crippen LogP contribution in [0.15, 0.2) is 140 Å². The van der Waals surface area contributed by atoms with Crippen molar-refractivity contribution >= 4 is 0 Å². The van der Waals surface area contributed by atoms with Gasteiger partial charge in [0.25, 0.3) is 0 Å². The molecule has 5 heterocycles. The van der Waals surface area contributed by atoms with Gasteiger partial charge in [0.15, 0.2) is 0 Å². The molecule has 0 spiro atoms. The molecule has 10 heteroatoms. The molecule has 0 bridgehead atoms. The van der Waals surface area contributed by atoms with E-state index in [2.05, 4.69) is 52.0 Å². The minimum Gasteiger partial charge on any atom is -0.491 e. The smallest absolute Gasteiger partial charge is 0.122 e. The van der Waals surface area contributed by atoms with Gasteiger partial charge in [0.05, 0.1) is 33.0 Å². The largest absolute Gasteiger partial charge is 0.491 e. The van der Waals surface area contributed by atoms with E-state index in [1.54, 1.807) is 0 Å². The number of rotatable bonds is 17. The number of para-hydroxylation sites is 5. The molecule has 0 radical (unpaired) electrons. The lowest BCUT2D eigenvalue weighted by Gasteiger charge is -2.12. The molecule has 0 N–H and O–H groups in total. The molecule has 5 unspecified atom stereocenters. The molecule has 0 aromatic heterocycles.